The number of nitrogens with one attached hydrogen (secondary N) is 9. The third-order valence-electron chi connectivity index (χ3n) is 26.9. The van der Waals surface area contributed by atoms with E-state index in [4.69, 9.17) is 24.2 Å². The number of aromatic amines is 6. The fourth-order valence-electron chi connectivity index (χ4n) is 17.6. The number of hydrogen-bond donors (Lipinski definition) is 9. The van der Waals surface area contributed by atoms with Crippen molar-refractivity contribution in [3.8, 4) is 101 Å². The zero-order chi connectivity index (χ0) is 103. The number of hydrogen-bond acceptors (Lipinski definition) is 23. The Kier molecular flexibility index (Phi) is 36.6. The van der Waals surface area contributed by atoms with Crippen LogP contribution in [-0.4, -0.2) is 209 Å². The lowest BCUT2D eigenvalue weighted by Gasteiger charge is -2.28. The molecular formula is C110H131N21O14. The Morgan fingerprint density at radius 1 is 0.338 bits per heavy atom. The molecule has 3 aliphatic heterocycles. The van der Waals surface area contributed by atoms with Crippen LogP contribution in [0.1, 0.15) is 204 Å². The molecule has 145 heavy (non-hydrogen) atoms. The second-order valence-corrected chi connectivity index (χ2v) is 37.2. The Bertz CT molecular complexity index is 6490. The summed E-state index contributed by atoms with van der Waals surface area (Å²) in [6, 6.07) is 56.0. The van der Waals surface area contributed by atoms with E-state index < -0.39 is 24.2 Å². The third-order valence-corrected chi connectivity index (χ3v) is 26.9. The van der Waals surface area contributed by atoms with Crippen molar-refractivity contribution in [2.75, 3.05) is 55.2 Å². The number of amides is 6. The number of H-pyrrole nitrogens is 6. The fourth-order valence-corrected chi connectivity index (χ4v) is 17.6. The molecule has 0 saturated carbocycles. The van der Waals surface area contributed by atoms with Gasteiger partial charge in [0, 0.05) is 45.7 Å². The monoisotopic (exact) mass is 1970 g/mol. The number of rotatable bonds is 39. The van der Waals surface area contributed by atoms with Crippen molar-refractivity contribution >= 4 is 54.6 Å². The molecule has 9 N–H and O–H groups in total. The molecule has 7 aromatic carbocycles. The maximum absolute atomic E-state index is 13.8. The van der Waals surface area contributed by atoms with Crippen LogP contribution in [0.4, 0.5) is 0 Å². The van der Waals surface area contributed by atoms with Crippen molar-refractivity contribution in [2.45, 2.75) is 188 Å². The molecule has 0 aliphatic carbocycles. The second kappa shape index (κ2) is 50.2. The molecule has 35 nitrogen and oxygen atoms in total. The number of ether oxygens (including phenoxy) is 2. The minimum absolute atomic E-state index is 0.00248. The highest BCUT2D eigenvalue weighted by Gasteiger charge is 2.40. The van der Waals surface area contributed by atoms with Crippen molar-refractivity contribution in [3.63, 3.8) is 0 Å². The summed E-state index contributed by atoms with van der Waals surface area (Å²) in [5.41, 5.74) is 18.6. The summed E-state index contributed by atoms with van der Waals surface area (Å²) in [7, 11) is 7.29. The van der Waals surface area contributed by atoms with Crippen LogP contribution in [0, 0.1) is 23.7 Å². The summed E-state index contributed by atoms with van der Waals surface area (Å²) < 4.78 is 10.7. The number of nitrogens with zero attached hydrogens (tertiary/aromatic N) is 12. The second-order valence-electron chi connectivity index (χ2n) is 37.2. The van der Waals surface area contributed by atoms with Gasteiger partial charge in [-0.05, 0) is 158 Å². The van der Waals surface area contributed by atoms with E-state index in [0.29, 0.717) is 25.5 Å². The van der Waals surface area contributed by atoms with E-state index in [1.165, 1.54) is 27.7 Å². The number of benzene rings is 7. The number of carbonyl (C=O) groups excluding carboxylic acids is 6. The zero-order valence-corrected chi connectivity index (χ0v) is 85.0. The van der Waals surface area contributed by atoms with E-state index in [-0.39, 0.29) is 101 Å². The predicted octanol–water partition coefficient (Wildman–Crippen LogP) is 18.9. The lowest BCUT2D eigenvalue weighted by atomic mass is 9.97. The number of aromatic nitrogens is 12. The maximum atomic E-state index is 13.8. The van der Waals surface area contributed by atoms with Gasteiger partial charge in [0.2, 0.25) is 42.8 Å². The molecule has 3 fully saturated rings. The fraction of sp³-hybridized carbons (Fsp3) is 0.373. The van der Waals surface area contributed by atoms with Gasteiger partial charge in [-0.15, -0.1) is 0 Å². The molecule has 6 amide bonds. The lowest BCUT2D eigenvalue weighted by Crippen LogP contribution is -2.43. The molecule has 13 aromatic rings. The van der Waals surface area contributed by atoms with Crippen LogP contribution in [-0.2, 0) is 67.6 Å². The molecule has 3 aliphatic rings. The summed E-state index contributed by atoms with van der Waals surface area (Å²) in [6.45, 7) is 24.7. The molecule has 0 spiro atoms. The van der Waals surface area contributed by atoms with Crippen molar-refractivity contribution in [2.24, 2.45) is 38.6 Å². The quantitative estimate of drug-likeness (QED) is 0.00748. The number of methoxy groups -OCH3 is 2. The number of carbonyl (C=O) groups is 6. The Morgan fingerprint density at radius 2 is 0.634 bits per heavy atom. The molecule has 0 radical (unpaired) electrons. The van der Waals surface area contributed by atoms with Crippen LogP contribution in [0.25, 0.3) is 101 Å². The summed E-state index contributed by atoms with van der Waals surface area (Å²) >= 11 is 0. The molecule has 3 saturated heterocycles. The number of aliphatic imine (C=N–C) groups is 3. The Balaban J connectivity index is 0.000000173. The minimum Gasteiger partial charge on any atom is -0.381 e. The van der Waals surface area contributed by atoms with Crippen LogP contribution in [0.15, 0.2) is 228 Å². The van der Waals surface area contributed by atoms with Gasteiger partial charge in [0.25, 0.3) is 11.8 Å². The molecular weight excluding hydrogens is 1840 g/mol. The van der Waals surface area contributed by atoms with Crippen molar-refractivity contribution < 1.29 is 67.6 Å². The Morgan fingerprint density at radius 3 is 0.966 bits per heavy atom. The van der Waals surface area contributed by atoms with Gasteiger partial charge in [-0.25, -0.2) is 44.9 Å². The van der Waals surface area contributed by atoms with Crippen LogP contribution >= 0.6 is 0 Å². The van der Waals surface area contributed by atoms with Crippen molar-refractivity contribution in [3.05, 3.63) is 254 Å². The molecule has 0 bridgehead atoms. The van der Waals surface area contributed by atoms with Gasteiger partial charge < -0.3 is 84.7 Å². The van der Waals surface area contributed by atoms with E-state index in [1.807, 2.05) is 133 Å². The summed E-state index contributed by atoms with van der Waals surface area (Å²) in [4.78, 5) is 172. The lowest BCUT2D eigenvalue weighted by molar-refractivity contribution is -0.188. The van der Waals surface area contributed by atoms with Gasteiger partial charge in [0.1, 0.15) is 41.0 Å². The molecule has 6 aromatic heterocycles. The topological polar surface area (TPSA) is 431 Å². The highest BCUT2D eigenvalue weighted by atomic mass is 17.2. The summed E-state index contributed by atoms with van der Waals surface area (Å²) in [5.74, 6) is 3.85. The predicted molar refractivity (Wildman–Crippen MR) is 555 cm³/mol. The van der Waals surface area contributed by atoms with Gasteiger partial charge in [0.05, 0.1) is 147 Å². The zero-order valence-electron chi connectivity index (χ0n) is 85.0. The third kappa shape index (κ3) is 26.5. The van der Waals surface area contributed by atoms with Gasteiger partial charge in [0.15, 0.2) is 12.1 Å². The van der Waals surface area contributed by atoms with Crippen LogP contribution < -0.4 is 16.0 Å². The number of likely N-dealkylation sites (tertiary alicyclic amines) is 3. The normalized spacial score (nSPS) is 16.8. The average Bonchev–Trinajstić information content (AvgIpc) is 1.67. The molecule has 9 heterocycles. The first-order valence-electron chi connectivity index (χ1n) is 49.1. The van der Waals surface area contributed by atoms with Crippen LogP contribution in [0.3, 0.4) is 0 Å². The summed E-state index contributed by atoms with van der Waals surface area (Å²) in [5, 5.41) is 9.05. The van der Waals surface area contributed by atoms with Gasteiger partial charge in [-0.2, -0.15) is 14.7 Å². The summed E-state index contributed by atoms with van der Waals surface area (Å²) in [6.07, 6.45) is 18.7. The Labute approximate surface area is 844 Å². The Hall–Kier alpha value is -15.2. The van der Waals surface area contributed by atoms with Crippen LogP contribution in [0.5, 0.6) is 0 Å². The smallest absolute Gasteiger partial charge is 0.252 e. The first kappa shape index (κ1) is 106. The largest absolute Gasteiger partial charge is 0.381 e. The van der Waals surface area contributed by atoms with E-state index in [0.717, 1.165) is 187 Å². The molecule has 16 rings (SSSR count). The standard InChI is InChI=1S/C40H45N7O4.C37H47N7O6.C33H39N7O4/c1-25(2)26(3)39(48)44-27(4)37-41-22-33(45-37)30-17-13-28(14-18-30)29-15-19-31(20-16-29)34-23-42-38(46-34)35-12-9-21-47(35)40(49)36(43-24-51-50-5)32-10-7-6-8-11-32;1-22(24(3)47-5)36(45)41-23(2)34-38-19-30(42-34)28-14-10-26(11-15-28)27-12-16-29(17-13-27)31-20-39-35(43-31)32-9-8-18-44(32)37(46)33(25(4)48-6)40-21-50-49-7;1-20(2)32(41)37-21(3)30-34-17-27(38-30)25-12-8-23(9-13-25)24-10-14-26(15-11-24)28-18-35-31(39-28)29-7-6-16-40(29)33(42)22(4)36-19-44-43-5/h6-8,10-11,13-20,22-27,35-36H,9,12,21H2,1-5H3,(H,41,45)(H,42,46)(H,44,48);10-17,19-25,32-33H,8-9,18H2,1-7H3,(H,38,42)(H,39,43)(H,41,45);8-15,17-22,29H,6-7,16H2,1-5H3,(H,34,38)(H,35,39)(H,37,41)/t26-,27+,35-,36-;22-,23+,24+,25?,32-,33-;21-,22+,29+/m001/s1. The number of imidazole rings is 6. The minimum atomic E-state index is -0.772. The maximum Gasteiger partial charge on any atom is 0.252 e. The van der Waals surface area contributed by atoms with Gasteiger partial charge >= 0.3 is 0 Å². The van der Waals surface area contributed by atoms with Gasteiger partial charge in [-0.3, -0.25) is 28.8 Å². The molecule has 35 heteroatoms. The van der Waals surface area contributed by atoms with Crippen molar-refractivity contribution in [1.82, 2.24) is 90.5 Å². The van der Waals surface area contributed by atoms with E-state index in [1.54, 1.807) is 46.7 Å². The van der Waals surface area contributed by atoms with Gasteiger partial charge in [-0.1, -0.05) is 217 Å². The van der Waals surface area contributed by atoms with Crippen LogP contribution in [0.2, 0.25) is 0 Å². The first-order valence-corrected chi connectivity index (χ1v) is 49.1. The first-order chi connectivity index (χ1) is 70.1. The highest BCUT2D eigenvalue weighted by molar-refractivity contribution is 5.87. The molecule has 760 valence electrons. The van der Waals surface area contributed by atoms with E-state index >= 15 is 0 Å². The molecule has 1 unspecified atom stereocenters. The van der Waals surface area contributed by atoms with E-state index in [2.05, 4.69) is 251 Å². The van der Waals surface area contributed by atoms with Crippen molar-refractivity contribution in [1.29, 1.82) is 0 Å². The molecule has 13 atom stereocenters. The highest BCUT2D eigenvalue weighted by Crippen LogP contribution is 2.40. The van der Waals surface area contributed by atoms with E-state index in [9.17, 15) is 28.8 Å². The average molecular weight is 1970 g/mol. The SMILES string of the molecule is COOC=N[C@@H](C)C(=O)N1CCC[C@H]1c1ncc(-c2ccc(-c3ccc(-c4cnc([C@@H](C)NC(=O)C(C)C)[nH]4)cc3)cc2)[nH]1.COOC=N[C@H](C(=O)N1CCC[C@H]1c1ncc(-c2ccc(-c3ccc(-c4cnc([C@@H](C)NC(=O)[C@@H](C)C(C)C)[nH]4)cc3)cc2)[nH]1)c1ccccc1.COOC=N[C@H](C(=O)N1CCC[C@H]1c1ncc(-c2ccc(-c3ccc(-c4cnc([C@@H](C)NC(=O)[C@@H](C)[C@@H](C)OC)[nH]4)cc3)cc2)[nH]1)C(C)OC.